The Morgan fingerprint density at radius 3 is 2.80 bits per heavy atom. The van der Waals surface area contributed by atoms with Gasteiger partial charge in [-0.05, 0) is 65.3 Å². The molecule has 0 radical (unpaired) electrons. The molecule has 2 rings (SSSR count). The number of nitrogens with zero attached hydrogens (tertiary/aromatic N) is 2. The molecule has 1 saturated carbocycles. The highest BCUT2D eigenvalue weighted by molar-refractivity contribution is 5.79. The summed E-state index contributed by atoms with van der Waals surface area (Å²) in [5, 5.41) is 12.7. The molecule has 1 aliphatic heterocycles. The van der Waals surface area contributed by atoms with Gasteiger partial charge < -0.3 is 20.2 Å². The zero-order valence-corrected chi connectivity index (χ0v) is 12.9. The largest absolute Gasteiger partial charge is 0.480 e. The Morgan fingerprint density at radius 2 is 2.10 bits per heavy atom. The number of hydrogen-bond acceptors (Lipinski definition) is 4. The summed E-state index contributed by atoms with van der Waals surface area (Å²) in [4.78, 5) is 16.5. The van der Waals surface area contributed by atoms with E-state index in [-0.39, 0.29) is 5.92 Å². The molecule has 0 amide bonds. The van der Waals surface area contributed by atoms with Gasteiger partial charge in [0.1, 0.15) is 5.54 Å². The van der Waals surface area contributed by atoms with Crippen molar-refractivity contribution in [2.24, 2.45) is 5.92 Å². The number of likely N-dealkylation sites (N-methyl/N-ethyl adjacent to an activating group) is 2. The second-order valence-electron chi connectivity index (χ2n) is 6.40. The molecule has 2 fully saturated rings. The SMILES string of the molecule is CNC1(C(=O)O)CCCC1CCN1CCCN(C)CC1. The number of nitrogens with one attached hydrogen (secondary N) is 1. The zero-order chi connectivity index (χ0) is 14.6. The summed E-state index contributed by atoms with van der Waals surface area (Å²) in [7, 11) is 3.98. The molecule has 5 nitrogen and oxygen atoms in total. The van der Waals surface area contributed by atoms with Gasteiger partial charge in [-0.3, -0.25) is 4.79 Å². The van der Waals surface area contributed by atoms with Gasteiger partial charge in [-0.2, -0.15) is 0 Å². The first-order chi connectivity index (χ1) is 9.58. The fraction of sp³-hybridized carbons (Fsp3) is 0.933. The van der Waals surface area contributed by atoms with Gasteiger partial charge in [-0.1, -0.05) is 6.42 Å². The van der Waals surface area contributed by atoms with Gasteiger partial charge in [-0.25, -0.2) is 0 Å². The first-order valence-corrected chi connectivity index (χ1v) is 7.91. The van der Waals surface area contributed by atoms with Crippen molar-refractivity contribution < 1.29 is 9.90 Å². The molecule has 0 aromatic carbocycles. The molecule has 0 bridgehead atoms. The van der Waals surface area contributed by atoms with Gasteiger partial charge in [0.2, 0.25) is 0 Å². The maximum atomic E-state index is 11.6. The van der Waals surface area contributed by atoms with E-state index in [4.69, 9.17) is 0 Å². The van der Waals surface area contributed by atoms with Crippen LogP contribution in [0.4, 0.5) is 0 Å². The molecule has 0 spiro atoms. The van der Waals surface area contributed by atoms with Crippen molar-refractivity contribution in [3.05, 3.63) is 0 Å². The summed E-state index contributed by atoms with van der Waals surface area (Å²) >= 11 is 0. The average Bonchev–Trinajstić information content (AvgIpc) is 2.74. The van der Waals surface area contributed by atoms with Gasteiger partial charge in [0, 0.05) is 13.1 Å². The minimum Gasteiger partial charge on any atom is -0.480 e. The quantitative estimate of drug-likeness (QED) is 0.784. The lowest BCUT2D eigenvalue weighted by molar-refractivity contribution is -0.146. The van der Waals surface area contributed by atoms with Crippen LogP contribution in [0.2, 0.25) is 0 Å². The van der Waals surface area contributed by atoms with Crippen LogP contribution in [0.3, 0.4) is 0 Å². The van der Waals surface area contributed by atoms with E-state index in [0.29, 0.717) is 0 Å². The Morgan fingerprint density at radius 1 is 1.30 bits per heavy atom. The van der Waals surface area contributed by atoms with Crippen LogP contribution < -0.4 is 5.32 Å². The van der Waals surface area contributed by atoms with Crippen molar-refractivity contribution >= 4 is 5.97 Å². The number of rotatable bonds is 5. The third-order valence-electron chi connectivity index (χ3n) is 5.25. The Bertz CT molecular complexity index is 337. The molecule has 5 heteroatoms. The Hall–Kier alpha value is -0.650. The van der Waals surface area contributed by atoms with Gasteiger partial charge in [0.25, 0.3) is 0 Å². The summed E-state index contributed by atoms with van der Waals surface area (Å²) < 4.78 is 0. The summed E-state index contributed by atoms with van der Waals surface area (Å²) in [6.07, 6.45) is 5.06. The smallest absolute Gasteiger partial charge is 0.324 e. The van der Waals surface area contributed by atoms with Crippen molar-refractivity contribution in [3.63, 3.8) is 0 Å². The molecule has 116 valence electrons. The van der Waals surface area contributed by atoms with Crippen LogP contribution in [0, 0.1) is 5.92 Å². The standard InChI is InChI=1S/C15H29N3O2/c1-16-15(14(19)20)7-3-5-13(15)6-10-18-9-4-8-17(2)11-12-18/h13,16H,3-12H2,1-2H3,(H,19,20). The maximum Gasteiger partial charge on any atom is 0.324 e. The molecule has 1 heterocycles. The van der Waals surface area contributed by atoms with Crippen LogP contribution in [-0.2, 0) is 4.79 Å². The number of hydrogen-bond donors (Lipinski definition) is 2. The molecule has 1 saturated heterocycles. The Labute approximate surface area is 122 Å². The van der Waals surface area contributed by atoms with Crippen molar-refractivity contribution in [1.29, 1.82) is 0 Å². The second-order valence-corrected chi connectivity index (χ2v) is 6.40. The topological polar surface area (TPSA) is 55.8 Å². The monoisotopic (exact) mass is 283 g/mol. The van der Waals surface area contributed by atoms with E-state index in [1.807, 2.05) is 0 Å². The highest BCUT2D eigenvalue weighted by atomic mass is 16.4. The molecule has 0 aromatic heterocycles. The summed E-state index contributed by atoms with van der Waals surface area (Å²) in [5.74, 6) is -0.399. The van der Waals surface area contributed by atoms with Gasteiger partial charge >= 0.3 is 5.97 Å². The van der Waals surface area contributed by atoms with E-state index < -0.39 is 11.5 Å². The molecular weight excluding hydrogens is 254 g/mol. The van der Waals surface area contributed by atoms with E-state index in [0.717, 1.165) is 51.9 Å². The van der Waals surface area contributed by atoms with Crippen LogP contribution >= 0.6 is 0 Å². The van der Waals surface area contributed by atoms with Gasteiger partial charge in [0.15, 0.2) is 0 Å². The lowest BCUT2D eigenvalue weighted by Gasteiger charge is -2.32. The predicted octanol–water partition coefficient (Wildman–Crippen LogP) is 0.857. The number of carboxylic acid groups (broad SMARTS) is 1. The van der Waals surface area contributed by atoms with E-state index in [1.54, 1.807) is 7.05 Å². The van der Waals surface area contributed by atoms with Crippen LogP contribution in [0.25, 0.3) is 0 Å². The lowest BCUT2D eigenvalue weighted by atomic mass is 9.84. The van der Waals surface area contributed by atoms with Crippen molar-refractivity contribution in [2.45, 2.75) is 37.6 Å². The summed E-state index contributed by atoms with van der Waals surface area (Å²) in [5.41, 5.74) is -0.678. The predicted molar refractivity (Wildman–Crippen MR) is 79.9 cm³/mol. The van der Waals surface area contributed by atoms with Crippen LogP contribution in [0.5, 0.6) is 0 Å². The molecule has 1 aliphatic carbocycles. The van der Waals surface area contributed by atoms with Crippen LogP contribution in [0.15, 0.2) is 0 Å². The molecule has 2 unspecified atom stereocenters. The number of aliphatic carboxylic acids is 1. The zero-order valence-electron chi connectivity index (χ0n) is 12.9. The molecular formula is C15H29N3O2. The molecule has 2 atom stereocenters. The van der Waals surface area contributed by atoms with Crippen LogP contribution in [0.1, 0.15) is 32.1 Å². The number of carbonyl (C=O) groups is 1. The molecule has 2 N–H and O–H groups in total. The first kappa shape index (κ1) is 15.7. The van der Waals surface area contributed by atoms with Crippen molar-refractivity contribution in [3.8, 4) is 0 Å². The van der Waals surface area contributed by atoms with E-state index >= 15 is 0 Å². The third-order valence-corrected chi connectivity index (χ3v) is 5.25. The van der Waals surface area contributed by atoms with E-state index in [9.17, 15) is 9.90 Å². The summed E-state index contributed by atoms with van der Waals surface area (Å²) in [6, 6.07) is 0. The normalized spacial score (nSPS) is 33.2. The minimum atomic E-state index is -0.678. The second kappa shape index (κ2) is 6.87. The molecule has 2 aliphatic rings. The minimum absolute atomic E-state index is 0.269. The first-order valence-electron chi connectivity index (χ1n) is 7.91. The van der Waals surface area contributed by atoms with E-state index in [2.05, 4.69) is 22.2 Å². The van der Waals surface area contributed by atoms with E-state index in [1.165, 1.54) is 13.0 Å². The highest BCUT2D eigenvalue weighted by Gasteiger charge is 2.47. The summed E-state index contributed by atoms with van der Waals surface area (Å²) in [6.45, 7) is 5.60. The van der Waals surface area contributed by atoms with Crippen molar-refractivity contribution in [2.75, 3.05) is 46.8 Å². The van der Waals surface area contributed by atoms with Gasteiger partial charge in [0.05, 0.1) is 0 Å². The average molecular weight is 283 g/mol. The fourth-order valence-corrected chi connectivity index (χ4v) is 3.85. The lowest BCUT2D eigenvalue weighted by Crippen LogP contribution is -2.53. The Balaban J connectivity index is 1.87. The van der Waals surface area contributed by atoms with Gasteiger partial charge in [-0.15, -0.1) is 0 Å². The van der Waals surface area contributed by atoms with Crippen molar-refractivity contribution in [1.82, 2.24) is 15.1 Å². The third kappa shape index (κ3) is 3.32. The molecule has 0 aromatic rings. The van der Waals surface area contributed by atoms with Crippen LogP contribution in [-0.4, -0.2) is 73.2 Å². The fourth-order valence-electron chi connectivity index (χ4n) is 3.85. The molecule has 20 heavy (non-hydrogen) atoms. The Kier molecular flexibility index (Phi) is 5.41. The highest BCUT2D eigenvalue weighted by Crippen LogP contribution is 2.38. The number of carboxylic acids is 1. The maximum absolute atomic E-state index is 11.6.